The summed E-state index contributed by atoms with van der Waals surface area (Å²) in [4.78, 5) is 35.7. The van der Waals surface area contributed by atoms with Gasteiger partial charge in [0, 0.05) is 37.7 Å². The Morgan fingerprint density at radius 2 is 1.90 bits per heavy atom. The SMILES string of the molecule is CNC(=O)C(C)(C)c1ccnc(Nc2cc(N3CC[C@@](C#N)(C4CC4)C3=O)ccn2)c1. The van der Waals surface area contributed by atoms with Gasteiger partial charge in [-0.3, -0.25) is 9.59 Å². The largest absolute Gasteiger partial charge is 0.358 e. The Morgan fingerprint density at radius 3 is 2.55 bits per heavy atom. The number of hydrogen-bond donors (Lipinski definition) is 2. The summed E-state index contributed by atoms with van der Waals surface area (Å²) < 4.78 is 0. The van der Waals surface area contributed by atoms with Gasteiger partial charge in [0.15, 0.2) is 0 Å². The van der Waals surface area contributed by atoms with Crippen molar-refractivity contribution in [2.45, 2.75) is 38.5 Å². The lowest BCUT2D eigenvalue weighted by atomic mass is 9.83. The van der Waals surface area contributed by atoms with E-state index < -0.39 is 10.8 Å². The number of hydrogen-bond acceptors (Lipinski definition) is 6. The Labute approximate surface area is 181 Å². The number of rotatable bonds is 6. The fourth-order valence-electron chi connectivity index (χ4n) is 4.25. The Morgan fingerprint density at radius 1 is 1.23 bits per heavy atom. The molecule has 2 N–H and O–H groups in total. The second kappa shape index (κ2) is 7.65. The molecule has 0 spiro atoms. The standard InChI is InChI=1S/C23H26N6O2/c1-22(2,20(30)25-3)16-6-9-26-18(12-16)28-19-13-17(7-10-27-19)29-11-8-23(14-24,21(29)31)15-4-5-15/h6-7,9-10,12-13,15H,4-5,8,11H2,1-3H3,(H,25,30)(H,26,27,28)/t23-/m1/s1. The van der Waals surface area contributed by atoms with Gasteiger partial charge < -0.3 is 15.5 Å². The van der Waals surface area contributed by atoms with Gasteiger partial charge in [0.05, 0.1) is 11.5 Å². The lowest BCUT2D eigenvalue weighted by Gasteiger charge is -2.23. The van der Waals surface area contributed by atoms with Gasteiger partial charge in [0.2, 0.25) is 11.8 Å². The Kier molecular flexibility index (Phi) is 5.13. The van der Waals surface area contributed by atoms with Crippen LogP contribution >= 0.6 is 0 Å². The predicted molar refractivity (Wildman–Crippen MR) is 117 cm³/mol. The maximum absolute atomic E-state index is 13.1. The zero-order valence-corrected chi connectivity index (χ0v) is 18.0. The highest BCUT2D eigenvalue weighted by Crippen LogP contribution is 2.51. The minimum atomic E-state index is -0.877. The van der Waals surface area contributed by atoms with Crippen LogP contribution in [0.5, 0.6) is 0 Å². The number of nitrogens with one attached hydrogen (secondary N) is 2. The van der Waals surface area contributed by atoms with E-state index in [9.17, 15) is 14.9 Å². The third-order valence-corrected chi connectivity index (χ3v) is 6.42. The van der Waals surface area contributed by atoms with E-state index in [1.807, 2.05) is 26.0 Å². The summed E-state index contributed by atoms with van der Waals surface area (Å²) in [7, 11) is 1.61. The molecule has 8 nitrogen and oxygen atoms in total. The molecule has 2 aromatic rings. The molecule has 2 aromatic heterocycles. The summed E-state index contributed by atoms with van der Waals surface area (Å²) in [5, 5.41) is 15.6. The summed E-state index contributed by atoms with van der Waals surface area (Å²) in [5.41, 5.74) is -0.0620. The van der Waals surface area contributed by atoms with E-state index in [-0.39, 0.29) is 17.7 Å². The molecule has 0 aromatic carbocycles. The van der Waals surface area contributed by atoms with Crippen LogP contribution in [0, 0.1) is 22.7 Å². The van der Waals surface area contributed by atoms with E-state index in [1.165, 1.54) is 0 Å². The first kappa shape index (κ1) is 20.8. The predicted octanol–water partition coefficient (Wildman–Crippen LogP) is 2.90. The van der Waals surface area contributed by atoms with Crippen molar-refractivity contribution in [1.82, 2.24) is 15.3 Å². The molecule has 31 heavy (non-hydrogen) atoms. The summed E-state index contributed by atoms with van der Waals surface area (Å²) >= 11 is 0. The molecule has 3 heterocycles. The molecule has 0 radical (unpaired) electrons. The van der Waals surface area contributed by atoms with Crippen LogP contribution in [0.3, 0.4) is 0 Å². The van der Waals surface area contributed by atoms with Crippen molar-refractivity contribution in [3.8, 4) is 6.07 Å². The molecule has 1 atom stereocenters. The van der Waals surface area contributed by atoms with E-state index in [2.05, 4.69) is 26.7 Å². The first-order valence-electron chi connectivity index (χ1n) is 10.5. The zero-order valence-electron chi connectivity index (χ0n) is 18.0. The van der Waals surface area contributed by atoms with Gasteiger partial charge in [-0.05, 0) is 62.8 Å². The van der Waals surface area contributed by atoms with Crippen molar-refractivity contribution in [3.05, 3.63) is 42.2 Å². The number of pyridine rings is 2. The Balaban J connectivity index is 1.55. The fraction of sp³-hybridized carbons (Fsp3) is 0.435. The number of anilines is 3. The first-order chi connectivity index (χ1) is 14.8. The van der Waals surface area contributed by atoms with Gasteiger partial charge >= 0.3 is 0 Å². The molecule has 1 aliphatic carbocycles. The third-order valence-electron chi connectivity index (χ3n) is 6.42. The minimum Gasteiger partial charge on any atom is -0.358 e. The van der Waals surface area contributed by atoms with Crippen molar-refractivity contribution < 1.29 is 9.59 Å². The monoisotopic (exact) mass is 418 g/mol. The summed E-state index contributed by atoms with van der Waals surface area (Å²) in [6, 6.07) is 9.51. The van der Waals surface area contributed by atoms with Crippen molar-refractivity contribution in [3.63, 3.8) is 0 Å². The number of carbonyl (C=O) groups is 2. The van der Waals surface area contributed by atoms with Crippen molar-refractivity contribution in [1.29, 1.82) is 5.26 Å². The van der Waals surface area contributed by atoms with Gasteiger partial charge in [-0.15, -0.1) is 0 Å². The lowest BCUT2D eigenvalue weighted by molar-refractivity contribution is -0.125. The average molecular weight is 419 g/mol. The molecule has 160 valence electrons. The molecule has 1 aliphatic heterocycles. The number of nitrogens with zero attached hydrogens (tertiary/aromatic N) is 4. The van der Waals surface area contributed by atoms with Crippen molar-refractivity contribution in [2.24, 2.45) is 11.3 Å². The van der Waals surface area contributed by atoms with E-state index in [0.717, 1.165) is 18.4 Å². The maximum Gasteiger partial charge on any atom is 0.247 e. The molecule has 2 amide bonds. The first-order valence-corrected chi connectivity index (χ1v) is 10.5. The van der Waals surface area contributed by atoms with Crippen LogP contribution in [0.4, 0.5) is 17.3 Å². The third kappa shape index (κ3) is 3.61. The molecule has 1 saturated heterocycles. The molecular weight excluding hydrogens is 392 g/mol. The Bertz CT molecular complexity index is 1070. The minimum absolute atomic E-state index is 0.0889. The molecule has 2 fully saturated rings. The van der Waals surface area contributed by atoms with Crippen molar-refractivity contribution in [2.75, 3.05) is 23.8 Å². The van der Waals surface area contributed by atoms with Crippen LogP contribution in [0.25, 0.3) is 0 Å². The van der Waals surface area contributed by atoms with E-state index in [1.54, 1.807) is 36.5 Å². The highest BCUT2D eigenvalue weighted by molar-refractivity contribution is 6.02. The summed E-state index contributed by atoms with van der Waals surface area (Å²) in [6.07, 6.45) is 5.74. The average Bonchev–Trinajstić information content (AvgIpc) is 3.57. The highest BCUT2D eigenvalue weighted by atomic mass is 16.2. The number of likely N-dealkylation sites (N-methyl/N-ethyl adjacent to an activating group) is 1. The highest BCUT2D eigenvalue weighted by Gasteiger charge is 2.56. The van der Waals surface area contributed by atoms with Crippen molar-refractivity contribution >= 4 is 29.1 Å². The van der Waals surface area contributed by atoms with Gasteiger partial charge in [-0.1, -0.05) is 0 Å². The number of amides is 2. The van der Waals surface area contributed by atoms with E-state index in [4.69, 9.17) is 0 Å². The van der Waals surface area contributed by atoms with Crippen LogP contribution in [0.1, 0.15) is 38.7 Å². The second-order valence-electron chi connectivity index (χ2n) is 8.72. The van der Waals surface area contributed by atoms with Crippen LogP contribution < -0.4 is 15.5 Å². The zero-order chi connectivity index (χ0) is 22.2. The smallest absolute Gasteiger partial charge is 0.247 e. The fourth-order valence-corrected chi connectivity index (χ4v) is 4.25. The van der Waals surface area contributed by atoms with Gasteiger partial charge in [0.1, 0.15) is 17.1 Å². The summed E-state index contributed by atoms with van der Waals surface area (Å²) in [5.74, 6) is 1.07. The van der Waals surface area contributed by atoms with Crippen LogP contribution in [-0.4, -0.2) is 35.4 Å². The van der Waals surface area contributed by atoms with Crippen LogP contribution in [0.15, 0.2) is 36.7 Å². The van der Waals surface area contributed by atoms with Crippen LogP contribution in [0.2, 0.25) is 0 Å². The molecule has 0 unspecified atom stereocenters. The molecular formula is C23H26N6O2. The maximum atomic E-state index is 13.1. The molecule has 1 saturated carbocycles. The molecule has 0 bridgehead atoms. The summed E-state index contributed by atoms with van der Waals surface area (Å²) in [6.45, 7) is 4.23. The topological polar surface area (TPSA) is 111 Å². The Hall–Kier alpha value is -3.47. The van der Waals surface area contributed by atoms with E-state index in [0.29, 0.717) is 30.3 Å². The normalized spacial score (nSPS) is 21.0. The lowest BCUT2D eigenvalue weighted by Crippen LogP contribution is -2.38. The molecule has 2 aliphatic rings. The van der Waals surface area contributed by atoms with E-state index >= 15 is 0 Å². The number of nitriles is 1. The van der Waals surface area contributed by atoms with Gasteiger partial charge in [0.25, 0.3) is 0 Å². The number of aromatic nitrogens is 2. The van der Waals surface area contributed by atoms with Gasteiger partial charge in [-0.25, -0.2) is 9.97 Å². The quantitative estimate of drug-likeness (QED) is 0.746. The molecule has 4 rings (SSSR count). The molecule has 8 heteroatoms. The number of carbonyl (C=O) groups excluding carboxylic acids is 2. The second-order valence-corrected chi connectivity index (χ2v) is 8.72. The van der Waals surface area contributed by atoms with Gasteiger partial charge in [-0.2, -0.15) is 5.26 Å². The van der Waals surface area contributed by atoms with Crippen LogP contribution in [-0.2, 0) is 15.0 Å².